The van der Waals surface area contributed by atoms with Crippen LogP contribution in [0.2, 0.25) is 0 Å². The smallest absolute Gasteiger partial charge is 0.425 e. The Labute approximate surface area is 216 Å². The molecule has 36 heavy (non-hydrogen) atoms. The number of alkyl halides is 3. The lowest BCUT2D eigenvalue weighted by atomic mass is 10.0. The fourth-order valence-electron chi connectivity index (χ4n) is 3.15. The van der Waals surface area contributed by atoms with Crippen LogP contribution in [0.4, 0.5) is 18.3 Å². The number of oxime groups is 1. The first-order chi connectivity index (χ1) is 17.0. The Kier molecular flexibility index (Phi) is 7.71. The Morgan fingerprint density at radius 3 is 2.78 bits per heavy atom. The fourth-order valence-corrected chi connectivity index (χ4v) is 6.67. The van der Waals surface area contributed by atoms with E-state index in [1.807, 2.05) is 0 Å². The Hall–Kier alpha value is -2.90. The third kappa shape index (κ3) is 5.73. The summed E-state index contributed by atoms with van der Waals surface area (Å²) in [6.45, 7) is -1.75. The molecule has 0 saturated carbocycles. The number of fused-ring (bicyclic) bond motifs is 1. The third-order valence-corrected chi connectivity index (χ3v) is 8.57. The molecule has 12 nitrogen and oxygen atoms in total. The second-order valence-corrected chi connectivity index (χ2v) is 11.1. The van der Waals surface area contributed by atoms with E-state index in [0.29, 0.717) is 9.91 Å². The van der Waals surface area contributed by atoms with Crippen LogP contribution in [0.15, 0.2) is 31.7 Å². The molecule has 0 bridgehead atoms. The highest BCUT2D eigenvalue weighted by atomic mass is 32.2. The molecule has 19 heteroatoms. The van der Waals surface area contributed by atoms with Gasteiger partial charge in [-0.2, -0.15) is 13.2 Å². The van der Waals surface area contributed by atoms with Crippen molar-refractivity contribution in [1.82, 2.24) is 25.4 Å². The number of rotatable bonds is 9. The number of aromatic nitrogens is 3. The Balaban J connectivity index is 1.49. The Morgan fingerprint density at radius 2 is 2.17 bits per heavy atom. The van der Waals surface area contributed by atoms with Gasteiger partial charge in [-0.25, -0.2) is 9.78 Å². The number of nitrogens with zero attached hydrogens (tertiary/aromatic N) is 5. The summed E-state index contributed by atoms with van der Waals surface area (Å²) in [6, 6.07) is -1.14. The lowest BCUT2D eigenvalue weighted by Crippen LogP contribution is -2.71. The zero-order valence-electron chi connectivity index (χ0n) is 17.6. The molecule has 0 radical (unpaired) electrons. The number of β-lactam (4-membered cyclic amide) rings is 1. The van der Waals surface area contributed by atoms with Crippen molar-refractivity contribution in [2.24, 2.45) is 5.16 Å². The van der Waals surface area contributed by atoms with Crippen LogP contribution < -0.4 is 11.1 Å². The van der Waals surface area contributed by atoms with Gasteiger partial charge in [0.25, 0.3) is 11.8 Å². The number of nitrogens with one attached hydrogen (secondary N) is 1. The van der Waals surface area contributed by atoms with Crippen LogP contribution in [0, 0.1) is 0 Å². The van der Waals surface area contributed by atoms with Gasteiger partial charge in [0.1, 0.15) is 28.3 Å². The van der Waals surface area contributed by atoms with Crippen LogP contribution in [0.3, 0.4) is 0 Å². The number of carboxylic acid groups (broad SMARTS) is 1. The molecule has 1 saturated heterocycles. The molecule has 1 fully saturated rings. The fraction of sp³-hybridized carbons (Fsp3) is 0.353. The summed E-state index contributed by atoms with van der Waals surface area (Å²) in [7, 11) is 0. The van der Waals surface area contributed by atoms with Gasteiger partial charge in [0.05, 0.1) is 0 Å². The second kappa shape index (κ2) is 10.6. The summed E-state index contributed by atoms with van der Waals surface area (Å²) in [5.41, 5.74) is 6.66. The summed E-state index contributed by atoms with van der Waals surface area (Å²) in [5.74, 6) is -2.47. The summed E-state index contributed by atoms with van der Waals surface area (Å²) in [5, 5.41) is 23.6. The predicted molar refractivity (Wildman–Crippen MR) is 125 cm³/mol. The first-order valence-electron chi connectivity index (χ1n) is 9.63. The van der Waals surface area contributed by atoms with Gasteiger partial charge in [-0.15, -0.1) is 33.3 Å². The molecule has 0 aliphatic carbocycles. The number of nitrogens with two attached hydrogens (primary N) is 1. The number of anilines is 1. The van der Waals surface area contributed by atoms with Crippen molar-refractivity contribution >= 4 is 74.8 Å². The van der Waals surface area contributed by atoms with E-state index in [0.717, 1.165) is 16.2 Å². The van der Waals surface area contributed by atoms with Crippen molar-refractivity contribution in [3.63, 3.8) is 0 Å². The van der Waals surface area contributed by atoms with E-state index < -0.39 is 47.7 Å². The average molecular weight is 582 g/mol. The molecule has 2 aliphatic heterocycles. The minimum Gasteiger partial charge on any atom is -0.477 e. The number of thiazole rings is 1. The van der Waals surface area contributed by atoms with Gasteiger partial charge in [-0.1, -0.05) is 28.3 Å². The molecule has 4 N–H and O–H groups in total. The molecule has 2 aromatic rings. The van der Waals surface area contributed by atoms with E-state index in [2.05, 4.69) is 30.5 Å². The number of hydrogen-bond donors (Lipinski definition) is 3. The normalized spacial score (nSPS) is 20.1. The maximum atomic E-state index is 12.9. The maximum Gasteiger partial charge on any atom is 0.425 e. The summed E-state index contributed by atoms with van der Waals surface area (Å²) in [4.78, 5) is 46.8. The van der Waals surface area contributed by atoms with Gasteiger partial charge in [-0.05, 0) is 5.57 Å². The molecule has 2 aromatic heterocycles. The molecule has 4 rings (SSSR count). The highest BCUT2D eigenvalue weighted by Crippen LogP contribution is 2.41. The van der Waals surface area contributed by atoms with E-state index >= 15 is 0 Å². The van der Waals surface area contributed by atoms with Gasteiger partial charge in [0, 0.05) is 16.9 Å². The molecule has 2 amide bonds. The molecule has 0 spiro atoms. The number of halogens is 3. The highest BCUT2D eigenvalue weighted by Gasteiger charge is 2.54. The van der Waals surface area contributed by atoms with Crippen molar-refractivity contribution in [3.05, 3.63) is 27.9 Å². The first-order valence-corrected chi connectivity index (χ1v) is 13.4. The zero-order valence-corrected chi connectivity index (χ0v) is 20.9. The molecule has 0 aromatic carbocycles. The largest absolute Gasteiger partial charge is 0.477 e. The monoisotopic (exact) mass is 581 g/mol. The maximum absolute atomic E-state index is 12.9. The summed E-state index contributed by atoms with van der Waals surface area (Å²) in [6.07, 6.45) is -4.69. The van der Waals surface area contributed by atoms with E-state index in [1.54, 1.807) is 5.51 Å². The second-order valence-electron chi connectivity index (χ2n) is 7.01. The molecule has 2 unspecified atom stereocenters. The van der Waals surface area contributed by atoms with Gasteiger partial charge in [-0.3, -0.25) is 14.5 Å². The van der Waals surface area contributed by atoms with Crippen LogP contribution in [-0.4, -0.2) is 84.4 Å². The number of thioether (sulfide) groups is 2. The number of aliphatic carboxylic acids is 1. The molecule has 4 heterocycles. The Morgan fingerprint density at radius 1 is 1.39 bits per heavy atom. The van der Waals surface area contributed by atoms with Crippen LogP contribution in [0.5, 0.6) is 0 Å². The van der Waals surface area contributed by atoms with Crippen molar-refractivity contribution in [2.75, 3.05) is 23.8 Å². The van der Waals surface area contributed by atoms with E-state index in [-0.39, 0.29) is 28.0 Å². The zero-order chi connectivity index (χ0) is 26.0. The lowest BCUT2D eigenvalue weighted by Gasteiger charge is -2.49. The van der Waals surface area contributed by atoms with E-state index in [9.17, 15) is 32.7 Å². The van der Waals surface area contributed by atoms with Gasteiger partial charge < -0.3 is 21.0 Å². The van der Waals surface area contributed by atoms with Gasteiger partial charge >= 0.3 is 12.1 Å². The topological polar surface area (TPSA) is 173 Å². The Bertz CT molecular complexity index is 1230. The van der Waals surface area contributed by atoms with Crippen LogP contribution in [0.1, 0.15) is 5.69 Å². The van der Waals surface area contributed by atoms with Crippen LogP contribution >= 0.6 is 46.2 Å². The third-order valence-electron chi connectivity index (χ3n) is 4.61. The van der Waals surface area contributed by atoms with Crippen molar-refractivity contribution in [2.45, 2.75) is 21.9 Å². The molecule has 192 valence electrons. The number of carbonyl (C=O) groups is 3. The quantitative estimate of drug-likeness (QED) is 0.169. The highest BCUT2D eigenvalue weighted by molar-refractivity contribution is 8.01. The van der Waals surface area contributed by atoms with Crippen molar-refractivity contribution < 1.29 is 37.5 Å². The molecular weight excluding hydrogens is 567 g/mol. The average Bonchev–Trinajstić information content (AvgIpc) is 3.49. The number of carboxylic acids is 1. The predicted octanol–water partition coefficient (Wildman–Crippen LogP) is 1.39. The van der Waals surface area contributed by atoms with Crippen molar-refractivity contribution in [1.29, 1.82) is 0 Å². The molecule has 2 atom stereocenters. The SMILES string of the molecule is Nc1nc(/C(=N\OCC(F)(F)F)C(=O)NC2C(=O)N3C(C(=O)O)=C(CSc4nncs4)CSC23)cs1. The number of nitrogen functional groups attached to an aromatic ring is 1. The summed E-state index contributed by atoms with van der Waals surface area (Å²) < 4.78 is 38.0. The van der Waals surface area contributed by atoms with E-state index in [1.165, 1.54) is 40.2 Å². The number of hydrogen-bond acceptors (Lipinski definition) is 13. The molecule has 2 aliphatic rings. The standard InChI is InChI=1S/C17H14F3N7O5S4/c18-17(19,20)4-32-26-8(7-3-34-15(21)23-7)11(28)24-9-12(29)27-10(14(30)31)6(1-33-13(9)27)2-35-16-25-22-5-36-16/h3,5,9,13H,1-2,4H2,(H2,21,23)(H,24,28)(H,30,31)/b26-8+. The minimum absolute atomic E-state index is 0.0326. The number of amides is 2. The van der Waals surface area contributed by atoms with E-state index in [4.69, 9.17) is 5.73 Å². The number of carbonyl (C=O) groups excluding carboxylic acids is 2. The van der Waals surface area contributed by atoms with Crippen LogP contribution in [0.25, 0.3) is 0 Å². The van der Waals surface area contributed by atoms with Gasteiger partial charge in [0.2, 0.25) is 6.61 Å². The molecular formula is C17H14F3N7O5S4. The summed E-state index contributed by atoms with van der Waals surface area (Å²) >= 11 is 4.74. The first kappa shape index (κ1) is 26.2. The lowest BCUT2D eigenvalue weighted by molar-refractivity contribution is -0.174. The van der Waals surface area contributed by atoms with Gasteiger partial charge in [0.15, 0.2) is 15.2 Å². The minimum atomic E-state index is -4.69. The van der Waals surface area contributed by atoms with Crippen LogP contribution in [-0.2, 0) is 19.2 Å². The van der Waals surface area contributed by atoms with Crippen molar-refractivity contribution in [3.8, 4) is 0 Å².